The summed E-state index contributed by atoms with van der Waals surface area (Å²) < 4.78 is 12.4. The van der Waals surface area contributed by atoms with Crippen LogP contribution in [0.1, 0.15) is 88.1 Å². The van der Waals surface area contributed by atoms with Crippen molar-refractivity contribution in [1.82, 2.24) is 5.32 Å². The van der Waals surface area contributed by atoms with Crippen molar-refractivity contribution >= 4 is 20.4 Å². The number of ether oxygens (including phenoxy) is 2. The third-order valence-corrected chi connectivity index (χ3v) is 6.17. The van der Waals surface area contributed by atoms with Gasteiger partial charge >= 0.3 is 224 Å². The predicted octanol–water partition coefficient (Wildman–Crippen LogP) is 6.11. The van der Waals surface area contributed by atoms with Crippen LogP contribution in [0.25, 0.3) is 0 Å². The third-order valence-electron chi connectivity index (χ3n) is 6.17. The normalized spacial score (nSPS) is 14.7. The average molecular weight is 494 g/mol. The van der Waals surface area contributed by atoms with Crippen LogP contribution in [0.5, 0.6) is 5.64 Å². The van der Waals surface area contributed by atoms with Gasteiger partial charge in [-0.15, -0.1) is 0 Å². The first-order chi connectivity index (χ1) is 16.2. The maximum absolute atomic E-state index is 6.35. The topological polar surface area (TPSA) is 42.5 Å². The Morgan fingerprint density at radius 3 is 2.06 bits per heavy atom. The summed E-state index contributed by atoms with van der Waals surface area (Å²) in [6, 6.07) is 2.23. The molecule has 0 aromatic carbocycles. The Hall–Kier alpha value is -1.78. The molecular weight excluding hydrogens is 442 g/mol. The van der Waals surface area contributed by atoms with Crippen molar-refractivity contribution in [2.45, 2.75) is 105 Å². The second kappa shape index (κ2) is 12.6. The van der Waals surface area contributed by atoms with Gasteiger partial charge in [0.05, 0.1) is 0 Å². The average Bonchev–Trinajstić information content (AvgIpc) is 2.72. The Balaban J connectivity index is 3.26. The molecule has 0 saturated heterocycles. The molecule has 0 aliphatic carbocycles. The molecule has 1 atom stereocenters. The molecule has 1 aromatic rings. The van der Waals surface area contributed by atoms with E-state index >= 15 is 0 Å². The fraction of sp³-hybridized carbons (Fsp3) is 0.633. The molecule has 0 aliphatic heterocycles. The number of hydrogen-bond donors (Lipinski definition) is 2. The second-order valence-electron chi connectivity index (χ2n) is 13.3. The van der Waals surface area contributed by atoms with Crippen molar-refractivity contribution in [2.75, 3.05) is 25.1 Å². The first kappa shape index (κ1) is 32.2. The number of anilines is 1. The van der Waals surface area contributed by atoms with Crippen LogP contribution in [0.4, 0.5) is 5.69 Å². The van der Waals surface area contributed by atoms with Crippen molar-refractivity contribution in [3.63, 3.8) is 0 Å². The van der Waals surface area contributed by atoms with E-state index in [-0.39, 0.29) is 22.1 Å². The minimum atomic E-state index is -0.331. The van der Waals surface area contributed by atoms with E-state index in [0.29, 0.717) is 13.2 Å². The van der Waals surface area contributed by atoms with Crippen molar-refractivity contribution < 1.29 is 9.47 Å². The standard InChI is InChI=1S/C30H52B2N2O2/c1-21(2)18-35-26-24(34-28(8,9)10)16-23(17-32-26)29(11,12)25(31)14-15-30(13,36-19-22(3)4)20-33-27(5,6)7/h14,16-17,33-34H,1,3,15,18-20,31H2,2,4-13H3/b25-14-. The van der Waals surface area contributed by atoms with E-state index in [0.717, 1.165) is 35.4 Å². The molecule has 0 aliphatic rings. The van der Waals surface area contributed by atoms with E-state index in [1.165, 1.54) is 11.0 Å². The number of nitrogens with one attached hydrogen (secondary N) is 2. The Morgan fingerprint density at radius 2 is 1.56 bits per heavy atom. The number of rotatable bonds is 13. The Bertz CT molecular complexity index is 939. The van der Waals surface area contributed by atoms with E-state index in [1.54, 1.807) is 0 Å². The molecule has 0 spiro atoms. The van der Waals surface area contributed by atoms with Gasteiger partial charge in [-0.2, -0.15) is 0 Å². The predicted molar refractivity (Wildman–Crippen MR) is 163 cm³/mol. The molecular formula is C30H52B2N2O2. The molecule has 0 bridgehead atoms. The molecule has 36 heavy (non-hydrogen) atoms. The quantitative estimate of drug-likeness (QED) is 0.256. The molecule has 0 fully saturated rings. The van der Waals surface area contributed by atoms with Crippen LogP contribution in [0.2, 0.25) is 0 Å². The van der Waals surface area contributed by atoms with Crippen LogP contribution in [0.3, 0.4) is 0 Å². The first-order valence-corrected chi connectivity index (χ1v) is 13.1. The van der Waals surface area contributed by atoms with E-state index in [2.05, 4.69) is 119 Å². The van der Waals surface area contributed by atoms with Crippen LogP contribution in [0, 0.1) is 0 Å². The minimum absolute atomic E-state index is 0.0241. The Kier molecular flexibility index (Phi) is 11.3. The van der Waals surface area contributed by atoms with Crippen LogP contribution in [-0.4, -0.2) is 51.2 Å². The van der Waals surface area contributed by atoms with E-state index < -0.39 is 0 Å². The summed E-state index contributed by atoms with van der Waals surface area (Å²) in [5.41, 5.74) is 5.88. The third kappa shape index (κ3) is 11.5. The summed E-state index contributed by atoms with van der Waals surface area (Å²) in [4.78, 5) is 0. The zero-order valence-electron chi connectivity index (χ0n) is 25.4. The maximum atomic E-state index is 6.35. The van der Waals surface area contributed by atoms with Gasteiger partial charge in [-0.1, -0.05) is 0 Å². The molecule has 6 heteroatoms. The summed E-state index contributed by atoms with van der Waals surface area (Å²) >= 11 is 0. The second-order valence-corrected chi connectivity index (χ2v) is 13.3. The van der Waals surface area contributed by atoms with Gasteiger partial charge in [0.2, 0.25) is 0 Å². The SMILES string of the molecule is B/C(=C\CC(C)(CNC(C)(C)C)OCC(=C)C)C(C)(C)c1cbc(OCC(=C)C)c(NC(C)(C)C)c1. The van der Waals surface area contributed by atoms with E-state index in [1.807, 2.05) is 13.8 Å². The molecule has 0 amide bonds. The van der Waals surface area contributed by atoms with Gasteiger partial charge in [0.1, 0.15) is 0 Å². The van der Waals surface area contributed by atoms with Crippen LogP contribution in [0.15, 0.2) is 47.9 Å². The fourth-order valence-corrected chi connectivity index (χ4v) is 3.53. The molecule has 0 saturated carbocycles. The van der Waals surface area contributed by atoms with Gasteiger partial charge in [-0.3, -0.25) is 0 Å². The zero-order valence-corrected chi connectivity index (χ0v) is 25.4. The van der Waals surface area contributed by atoms with E-state index in [9.17, 15) is 0 Å². The Labute approximate surface area is 224 Å². The summed E-state index contributed by atoms with van der Waals surface area (Å²) in [5, 5.41) is 7.25. The van der Waals surface area contributed by atoms with Gasteiger partial charge in [-0.25, -0.2) is 0 Å². The summed E-state index contributed by atoms with van der Waals surface area (Å²) in [6.07, 6.45) is 3.15. The van der Waals surface area contributed by atoms with Crippen LogP contribution < -0.4 is 15.4 Å². The van der Waals surface area contributed by atoms with Gasteiger partial charge in [0, 0.05) is 0 Å². The number of hydrogen-bond acceptors (Lipinski definition) is 4. The van der Waals surface area contributed by atoms with Crippen molar-refractivity contribution in [1.29, 1.82) is 0 Å². The molecule has 1 aromatic heterocycles. The van der Waals surface area contributed by atoms with Gasteiger partial charge < -0.3 is 0 Å². The van der Waals surface area contributed by atoms with Gasteiger partial charge in [0.15, 0.2) is 0 Å². The fourth-order valence-electron chi connectivity index (χ4n) is 3.53. The summed E-state index contributed by atoms with van der Waals surface area (Å²) in [5.74, 6) is 2.18. The Morgan fingerprint density at radius 1 is 0.972 bits per heavy atom. The monoisotopic (exact) mass is 494 g/mol. The first-order valence-electron chi connectivity index (χ1n) is 13.1. The molecule has 1 unspecified atom stereocenters. The summed E-state index contributed by atoms with van der Waals surface area (Å²) in [6.45, 7) is 35.7. The molecule has 1 heterocycles. The summed E-state index contributed by atoms with van der Waals surface area (Å²) in [7, 11) is 2.22. The van der Waals surface area contributed by atoms with Crippen molar-refractivity contribution in [3.05, 3.63) is 53.4 Å². The van der Waals surface area contributed by atoms with Crippen LogP contribution in [-0.2, 0) is 10.2 Å². The zero-order chi connectivity index (χ0) is 27.9. The number of allylic oxidation sites excluding steroid dienone is 1. The van der Waals surface area contributed by atoms with E-state index in [4.69, 9.17) is 9.47 Å². The van der Waals surface area contributed by atoms with Crippen molar-refractivity contribution in [3.8, 4) is 5.64 Å². The van der Waals surface area contributed by atoms with Gasteiger partial charge in [0.25, 0.3) is 0 Å². The molecule has 200 valence electrons. The van der Waals surface area contributed by atoms with Crippen LogP contribution >= 0.6 is 0 Å². The van der Waals surface area contributed by atoms with Crippen molar-refractivity contribution in [2.24, 2.45) is 0 Å². The molecule has 1 rings (SSSR count). The molecule has 0 radical (unpaired) electrons. The van der Waals surface area contributed by atoms with Gasteiger partial charge in [-0.05, 0) is 0 Å². The molecule has 4 nitrogen and oxygen atoms in total. The molecule has 2 N–H and O–H groups in total.